The van der Waals surface area contributed by atoms with Gasteiger partial charge >= 0.3 is 0 Å². The topological polar surface area (TPSA) is 9.23 Å². The van der Waals surface area contributed by atoms with Gasteiger partial charge in [0.2, 0.25) is 0 Å². The lowest BCUT2D eigenvalue weighted by Crippen LogP contribution is -2.10. The number of halogens is 1. The van der Waals surface area contributed by atoms with Gasteiger partial charge < -0.3 is 4.74 Å². The third kappa shape index (κ3) is 6.42. The Hall–Kier alpha value is -0.530. The molecule has 1 nitrogen and oxygen atoms in total. The van der Waals surface area contributed by atoms with Crippen LogP contribution in [0.25, 0.3) is 0 Å². The van der Waals surface area contributed by atoms with Crippen molar-refractivity contribution in [3.05, 3.63) is 35.4 Å². The highest BCUT2D eigenvalue weighted by Gasteiger charge is 2.08. The van der Waals surface area contributed by atoms with E-state index < -0.39 is 0 Å². The molecular formula is C16H25ClO. The lowest BCUT2D eigenvalue weighted by atomic mass is 9.97. The molecule has 0 amide bonds. The zero-order valence-electron chi connectivity index (χ0n) is 11.6. The van der Waals surface area contributed by atoms with Gasteiger partial charge in [0.05, 0.1) is 0 Å². The summed E-state index contributed by atoms with van der Waals surface area (Å²) >= 11 is 6.04. The number of unbranched alkanes of at least 4 members (excludes halogenated alkanes) is 1. The molecule has 1 atom stereocenters. The number of hydrogen-bond acceptors (Lipinski definition) is 1. The Bertz CT molecular complexity index is 325. The average molecular weight is 269 g/mol. The summed E-state index contributed by atoms with van der Waals surface area (Å²) < 4.78 is 5.61. The fourth-order valence-corrected chi connectivity index (χ4v) is 2.27. The quantitative estimate of drug-likeness (QED) is 0.470. The minimum Gasteiger partial charge on any atom is -0.381 e. The molecule has 0 aliphatic heterocycles. The maximum atomic E-state index is 6.04. The lowest BCUT2D eigenvalue weighted by Gasteiger charge is -2.14. The fraction of sp³-hybridized carbons (Fsp3) is 0.625. The normalized spacial score (nSPS) is 12.6. The zero-order chi connectivity index (χ0) is 13.2. The Labute approximate surface area is 116 Å². The van der Waals surface area contributed by atoms with Crippen molar-refractivity contribution in [2.75, 3.05) is 19.1 Å². The van der Waals surface area contributed by atoms with Gasteiger partial charge in [-0.25, -0.2) is 0 Å². The van der Waals surface area contributed by atoms with E-state index in [4.69, 9.17) is 16.3 Å². The Morgan fingerprint density at radius 3 is 2.78 bits per heavy atom. The molecule has 0 spiro atoms. The molecule has 1 aromatic carbocycles. The maximum absolute atomic E-state index is 6.04. The van der Waals surface area contributed by atoms with Gasteiger partial charge in [-0.2, -0.15) is 0 Å². The molecule has 0 bridgehead atoms. The predicted molar refractivity (Wildman–Crippen MR) is 79.4 cm³/mol. The van der Waals surface area contributed by atoms with Crippen molar-refractivity contribution in [2.24, 2.45) is 5.92 Å². The second kappa shape index (κ2) is 9.41. The monoisotopic (exact) mass is 268 g/mol. The van der Waals surface area contributed by atoms with E-state index in [2.05, 4.69) is 38.1 Å². The van der Waals surface area contributed by atoms with E-state index in [9.17, 15) is 0 Å². The molecular weight excluding hydrogens is 244 g/mol. The maximum Gasteiger partial charge on any atom is 0.0469 e. The van der Waals surface area contributed by atoms with Crippen molar-refractivity contribution >= 4 is 11.6 Å². The number of ether oxygens (including phenoxy) is 1. The Balaban J connectivity index is 2.28. The molecule has 1 aromatic rings. The Morgan fingerprint density at radius 1 is 1.28 bits per heavy atom. The molecule has 1 rings (SSSR count). The van der Waals surface area contributed by atoms with E-state index in [1.807, 2.05) is 0 Å². The summed E-state index contributed by atoms with van der Waals surface area (Å²) in [6.07, 6.45) is 4.47. The van der Waals surface area contributed by atoms with Crippen LogP contribution in [0.5, 0.6) is 0 Å². The number of alkyl halides is 1. The summed E-state index contributed by atoms with van der Waals surface area (Å²) in [6, 6.07) is 8.68. The minimum absolute atomic E-state index is 0.523. The van der Waals surface area contributed by atoms with Crippen LogP contribution in [0.2, 0.25) is 0 Å². The van der Waals surface area contributed by atoms with Crippen LogP contribution in [0.15, 0.2) is 24.3 Å². The first-order chi connectivity index (χ1) is 8.76. The van der Waals surface area contributed by atoms with Crippen LogP contribution in [-0.4, -0.2) is 19.1 Å². The van der Waals surface area contributed by atoms with Crippen LogP contribution in [0.4, 0.5) is 0 Å². The molecule has 0 fully saturated rings. The number of benzene rings is 1. The highest BCUT2D eigenvalue weighted by atomic mass is 35.5. The standard InChI is InChI=1S/C16H25ClO/c1-3-4-9-18-10-8-16(13-17)12-15-7-5-6-14(2)11-15/h5-7,11,16H,3-4,8-10,12-13H2,1-2H3. The van der Waals surface area contributed by atoms with Gasteiger partial charge in [-0.15, -0.1) is 11.6 Å². The summed E-state index contributed by atoms with van der Waals surface area (Å²) in [4.78, 5) is 0. The summed E-state index contributed by atoms with van der Waals surface area (Å²) in [5.74, 6) is 1.24. The third-order valence-electron chi connectivity index (χ3n) is 3.14. The van der Waals surface area contributed by atoms with Crippen LogP contribution in [0.1, 0.15) is 37.3 Å². The molecule has 0 aliphatic rings. The van der Waals surface area contributed by atoms with Crippen molar-refractivity contribution in [1.82, 2.24) is 0 Å². The largest absolute Gasteiger partial charge is 0.381 e. The smallest absolute Gasteiger partial charge is 0.0469 e. The molecule has 0 radical (unpaired) electrons. The molecule has 18 heavy (non-hydrogen) atoms. The third-order valence-corrected chi connectivity index (χ3v) is 3.57. The molecule has 0 heterocycles. The van der Waals surface area contributed by atoms with Crippen molar-refractivity contribution in [3.8, 4) is 0 Å². The van der Waals surface area contributed by atoms with Crippen molar-refractivity contribution in [3.63, 3.8) is 0 Å². The highest BCUT2D eigenvalue weighted by molar-refractivity contribution is 6.18. The summed E-state index contributed by atoms with van der Waals surface area (Å²) in [5.41, 5.74) is 2.70. The minimum atomic E-state index is 0.523. The van der Waals surface area contributed by atoms with Crippen molar-refractivity contribution in [2.45, 2.75) is 39.5 Å². The van der Waals surface area contributed by atoms with Gasteiger partial charge in [0, 0.05) is 19.1 Å². The fourth-order valence-electron chi connectivity index (χ4n) is 2.00. The summed E-state index contributed by atoms with van der Waals surface area (Å²) in [7, 11) is 0. The van der Waals surface area contributed by atoms with Crippen molar-refractivity contribution < 1.29 is 4.74 Å². The first kappa shape index (κ1) is 15.5. The van der Waals surface area contributed by atoms with Gasteiger partial charge in [0.15, 0.2) is 0 Å². The zero-order valence-corrected chi connectivity index (χ0v) is 12.4. The number of hydrogen-bond donors (Lipinski definition) is 0. The van der Waals surface area contributed by atoms with Crippen LogP contribution in [0, 0.1) is 12.8 Å². The molecule has 102 valence electrons. The molecule has 2 heteroatoms. The van der Waals surface area contributed by atoms with E-state index in [0.29, 0.717) is 11.8 Å². The average Bonchev–Trinajstić information content (AvgIpc) is 2.37. The second-order valence-corrected chi connectivity index (χ2v) is 5.28. The SMILES string of the molecule is CCCCOCCC(CCl)Cc1cccc(C)c1. The first-order valence-corrected chi connectivity index (χ1v) is 7.49. The Kier molecular flexibility index (Phi) is 8.11. The van der Waals surface area contributed by atoms with Gasteiger partial charge in [0.1, 0.15) is 0 Å². The van der Waals surface area contributed by atoms with E-state index in [1.165, 1.54) is 17.5 Å². The van der Waals surface area contributed by atoms with Gasteiger partial charge in [0.25, 0.3) is 0 Å². The molecule has 0 saturated heterocycles. The van der Waals surface area contributed by atoms with Crippen LogP contribution < -0.4 is 0 Å². The number of aryl methyl sites for hydroxylation is 1. The molecule has 0 N–H and O–H groups in total. The summed E-state index contributed by atoms with van der Waals surface area (Å²) in [5, 5.41) is 0. The summed E-state index contributed by atoms with van der Waals surface area (Å²) in [6.45, 7) is 6.04. The molecule has 0 aromatic heterocycles. The van der Waals surface area contributed by atoms with Crippen molar-refractivity contribution in [1.29, 1.82) is 0 Å². The van der Waals surface area contributed by atoms with Crippen LogP contribution in [-0.2, 0) is 11.2 Å². The molecule has 0 aliphatic carbocycles. The number of rotatable bonds is 9. The first-order valence-electron chi connectivity index (χ1n) is 6.95. The Morgan fingerprint density at radius 2 is 2.11 bits per heavy atom. The van der Waals surface area contributed by atoms with Crippen LogP contribution >= 0.6 is 11.6 Å². The predicted octanol–water partition coefficient (Wildman–Crippen LogP) is 4.60. The van der Waals surface area contributed by atoms with Crippen LogP contribution in [0.3, 0.4) is 0 Å². The molecule has 0 saturated carbocycles. The lowest BCUT2D eigenvalue weighted by molar-refractivity contribution is 0.119. The highest BCUT2D eigenvalue weighted by Crippen LogP contribution is 2.15. The second-order valence-electron chi connectivity index (χ2n) is 4.97. The van der Waals surface area contributed by atoms with E-state index in [1.54, 1.807) is 0 Å². The van der Waals surface area contributed by atoms with E-state index >= 15 is 0 Å². The van der Waals surface area contributed by atoms with E-state index in [0.717, 1.165) is 32.5 Å². The van der Waals surface area contributed by atoms with Gasteiger partial charge in [-0.1, -0.05) is 43.2 Å². The van der Waals surface area contributed by atoms with Gasteiger partial charge in [-0.3, -0.25) is 0 Å². The molecule has 1 unspecified atom stereocenters. The van der Waals surface area contributed by atoms with E-state index in [-0.39, 0.29) is 0 Å². The van der Waals surface area contributed by atoms with Gasteiger partial charge in [-0.05, 0) is 37.7 Å².